The molecule has 4 aromatic rings. The number of hydrogen-bond donors (Lipinski definition) is 2. The van der Waals surface area contributed by atoms with Gasteiger partial charge >= 0.3 is 0 Å². The average molecular weight is 585 g/mol. The fraction of sp³-hybridized carbons (Fsp3) is 0.263. The second kappa shape index (κ2) is 12.4. The molecule has 0 atom stereocenters. The number of rotatable bonds is 11. The number of ketones is 4. The molecule has 4 N–H and O–H groups in total. The molecule has 6 nitrogen and oxygen atoms in total. The molecule has 0 spiro atoms. The first-order chi connectivity index (χ1) is 21.4. The summed E-state index contributed by atoms with van der Waals surface area (Å²) in [6.07, 6.45) is 10.2. The van der Waals surface area contributed by atoms with Gasteiger partial charge in [0, 0.05) is 44.8 Å². The Balaban J connectivity index is 0.924. The van der Waals surface area contributed by atoms with Crippen molar-refractivity contribution in [3.05, 3.63) is 128 Å². The van der Waals surface area contributed by atoms with E-state index in [0.717, 1.165) is 75.3 Å². The van der Waals surface area contributed by atoms with Gasteiger partial charge in [-0.25, -0.2) is 0 Å². The molecule has 0 fully saturated rings. The zero-order valence-corrected chi connectivity index (χ0v) is 24.8. The highest BCUT2D eigenvalue weighted by atomic mass is 16.1. The molecule has 4 aromatic carbocycles. The van der Waals surface area contributed by atoms with Crippen molar-refractivity contribution in [1.82, 2.24) is 0 Å². The van der Waals surface area contributed by atoms with Crippen LogP contribution in [0.3, 0.4) is 0 Å². The smallest absolute Gasteiger partial charge is 0.196 e. The summed E-state index contributed by atoms with van der Waals surface area (Å²) in [5.41, 5.74) is 18.9. The van der Waals surface area contributed by atoms with Gasteiger partial charge in [-0.15, -0.1) is 0 Å². The number of fused-ring (bicyclic) bond motifs is 4. The van der Waals surface area contributed by atoms with Crippen LogP contribution in [0.25, 0.3) is 0 Å². The third-order valence-corrected chi connectivity index (χ3v) is 9.09. The fourth-order valence-electron chi connectivity index (χ4n) is 6.64. The number of hydrogen-bond acceptors (Lipinski definition) is 6. The standard InChI is InChI=1S/C38H36N2O4/c39-33-23(19-21-29-31(33)37(43)27-17-11-9-15-25(27)35(29)41)13-7-5-3-1-2-4-6-8-14-24-20-22-30-32(34(24)40)38(44)28-18-12-10-16-26(28)36(30)42/h9-12,15-22H,1-8,13-14,39-40H2. The monoisotopic (exact) mass is 584 g/mol. The molecule has 222 valence electrons. The summed E-state index contributed by atoms with van der Waals surface area (Å²) < 4.78 is 0. The molecule has 0 bridgehead atoms. The summed E-state index contributed by atoms with van der Waals surface area (Å²) in [6.45, 7) is 0. The van der Waals surface area contributed by atoms with E-state index in [0.29, 0.717) is 55.9 Å². The van der Waals surface area contributed by atoms with Gasteiger partial charge in [-0.1, -0.05) is 99.2 Å². The Hall–Kier alpha value is -4.84. The highest BCUT2D eigenvalue weighted by molar-refractivity contribution is 6.31. The Bertz CT molecular complexity index is 1690. The molecule has 2 aliphatic carbocycles. The third kappa shape index (κ3) is 5.25. The molecular formula is C38H36N2O4. The lowest BCUT2D eigenvalue weighted by molar-refractivity contribution is 0.0979. The number of nitrogens with two attached hydrogens (primary N) is 2. The number of anilines is 2. The van der Waals surface area contributed by atoms with Crippen molar-refractivity contribution >= 4 is 34.5 Å². The molecule has 0 unspecified atom stereocenters. The van der Waals surface area contributed by atoms with E-state index in [9.17, 15) is 19.2 Å². The van der Waals surface area contributed by atoms with Crippen LogP contribution in [0.1, 0.15) is 126 Å². The SMILES string of the molecule is Nc1c(CCCCCCCCCCc2ccc3c(c2N)C(=O)c2ccccc2C3=O)ccc2c1C(=O)c1ccccc1C2=O. The number of nitrogen functional groups attached to an aromatic ring is 2. The molecule has 0 heterocycles. The minimum absolute atomic E-state index is 0.141. The number of benzene rings is 4. The number of carbonyl (C=O) groups is 4. The Kier molecular flexibility index (Phi) is 8.25. The minimum Gasteiger partial charge on any atom is -0.398 e. The van der Waals surface area contributed by atoms with Gasteiger partial charge < -0.3 is 11.5 Å². The molecule has 0 saturated heterocycles. The van der Waals surface area contributed by atoms with E-state index >= 15 is 0 Å². The van der Waals surface area contributed by atoms with Gasteiger partial charge in [-0.05, 0) is 48.9 Å². The Morgan fingerprint density at radius 1 is 0.364 bits per heavy atom. The van der Waals surface area contributed by atoms with Crippen LogP contribution in [0, 0.1) is 0 Å². The fourth-order valence-corrected chi connectivity index (χ4v) is 6.64. The minimum atomic E-state index is -0.168. The lowest BCUT2D eigenvalue weighted by Gasteiger charge is -2.20. The molecule has 6 heteroatoms. The van der Waals surface area contributed by atoms with Gasteiger partial charge in [0.1, 0.15) is 0 Å². The van der Waals surface area contributed by atoms with E-state index in [1.807, 2.05) is 12.1 Å². The summed E-state index contributed by atoms with van der Waals surface area (Å²) in [5, 5.41) is 0. The molecule has 0 radical (unpaired) electrons. The molecule has 0 saturated carbocycles. The molecule has 6 rings (SSSR count). The van der Waals surface area contributed by atoms with E-state index < -0.39 is 0 Å². The summed E-state index contributed by atoms with van der Waals surface area (Å²) in [4.78, 5) is 52.0. The van der Waals surface area contributed by atoms with E-state index in [1.165, 1.54) is 0 Å². The van der Waals surface area contributed by atoms with Crippen molar-refractivity contribution in [2.75, 3.05) is 11.5 Å². The van der Waals surface area contributed by atoms with Crippen molar-refractivity contribution in [1.29, 1.82) is 0 Å². The van der Waals surface area contributed by atoms with E-state index in [2.05, 4.69) is 0 Å². The maximum Gasteiger partial charge on any atom is 0.196 e. The first kappa shape index (κ1) is 29.2. The first-order valence-electron chi connectivity index (χ1n) is 15.6. The second-order valence-electron chi connectivity index (χ2n) is 11.9. The Morgan fingerprint density at radius 2 is 0.682 bits per heavy atom. The quantitative estimate of drug-likeness (QED) is 0.122. The van der Waals surface area contributed by atoms with Gasteiger partial charge in [0.2, 0.25) is 0 Å². The van der Waals surface area contributed by atoms with Crippen molar-refractivity contribution in [2.45, 2.75) is 64.2 Å². The first-order valence-corrected chi connectivity index (χ1v) is 15.6. The normalized spacial score (nSPS) is 13.4. The van der Waals surface area contributed by atoms with Crippen LogP contribution in [-0.4, -0.2) is 23.1 Å². The van der Waals surface area contributed by atoms with Gasteiger partial charge in [-0.3, -0.25) is 19.2 Å². The van der Waals surface area contributed by atoms with Crippen LogP contribution in [0.2, 0.25) is 0 Å². The van der Waals surface area contributed by atoms with Crippen molar-refractivity contribution in [3.63, 3.8) is 0 Å². The van der Waals surface area contributed by atoms with Crippen molar-refractivity contribution in [2.24, 2.45) is 0 Å². The summed E-state index contributed by atoms with van der Waals surface area (Å²) in [7, 11) is 0. The van der Waals surface area contributed by atoms with Crippen LogP contribution in [0.15, 0.2) is 72.8 Å². The maximum atomic E-state index is 13.1. The van der Waals surface area contributed by atoms with Gasteiger partial charge in [-0.2, -0.15) is 0 Å². The van der Waals surface area contributed by atoms with Crippen LogP contribution in [0.5, 0.6) is 0 Å². The predicted octanol–water partition coefficient (Wildman–Crippen LogP) is 7.31. The predicted molar refractivity (Wildman–Crippen MR) is 173 cm³/mol. The van der Waals surface area contributed by atoms with Crippen molar-refractivity contribution in [3.8, 4) is 0 Å². The Morgan fingerprint density at radius 3 is 1.05 bits per heavy atom. The largest absolute Gasteiger partial charge is 0.398 e. The van der Waals surface area contributed by atoms with Gasteiger partial charge in [0.05, 0.1) is 11.1 Å². The highest BCUT2D eigenvalue weighted by Gasteiger charge is 2.33. The van der Waals surface area contributed by atoms with Crippen LogP contribution in [0.4, 0.5) is 11.4 Å². The van der Waals surface area contributed by atoms with E-state index in [4.69, 9.17) is 11.5 Å². The topological polar surface area (TPSA) is 120 Å². The number of carbonyl (C=O) groups excluding carboxylic acids is 4. The number of aryl methyl sites for hydroxylation is 2. The zero-order valence-electron chi connectivity index (χ0n) is 24.8. The van der Waals surface area contributed by atoms with Crippen LogP contribution >= 0.6 is 0 Å². The third-order valence-electron chi connectivity index (χ3n) is 9.09. The van der Waals surface area contributed by atoms with E-state index in [-0.39, 0.29) is 23.1 Å². The highest BCUT2D eigenvalue weighted by Crippen LogP contribution is 2.34. The average Bonchev–Trinajstić information content (AvgIpc) is 3.04. The van der Waals surface area contributed by atoms with Crippen molar-refractivity contribution < 1.29 is 19.2 Å². The molecule has 44 heavy (non-hydrogen) atoms. The molecule has 0 aromatic heterocycles. The molecule has 0 amide bonds. The second-order valence-corrected chi connectivity index (χ2v) is 11.9. The molecular weight excluding hydrogens is 548 g/mol. The summed E-state index contributed by atoms with van der Waals surface area (Å²) in [5.74, 6) is -0.619. The van der Waals surface area contributed by atoms with Crippen LogP contribution < -0.4 is 11.5 Å². The molecule has 2 aliphatic rings. The van der Waals surface area contributed by atoms with Gasteiger partial charge in [0.15, 0.2) is 23.1 Å². The van der Waals surface area contributed by atoms with E-state index in [1.54, 1.807) is 60.7 Å². The van der Waals surface area contributed by atoms with Crippen LogP contribution in [-0.2, 0) is 12.8 Å². The lowest BCUT2D eigenvalue weighted by atomic mass is 9.82. The summed E-state index contributed by atoms with van der Waals surface area (Å²) in [6, 6.07) is 21.2. The zero-order chi connectivity index (χ0) is 30.8. The number of unbranched alkanes of at least 4 members (excludes halogenated alkanes) is 7. The maximum absolute atomic E-state index is 13.1. The lowest BCUT2D eigenvalue weighted by Crippen LogP contribution is -2.23. The summed E-state index contributed by atoms with van der Waals surface area (Å²) >= 11 is 0. The van der Waals surface area contributed by atoms with Gasteiger partial charge in [0.25, 0.3) is 0 Å². The molecule has 0 aliphatic heterocycles. The Labute approximate surface area is 257 Å².